The number of aromatic nitrogens is 1. The van der Waals surface area contributed by atoms with E-state index in [4.69, 9.17) is 5.11 Å². The van der Waals surface area contributed by atoms with Gasteiger partial charge in [-0.2, -0.15) is 0 Å². The number of benzene rings is 1. The minimum absolute atomic E-state index is 0.0707. The van der Waals surface area contributed by atoms with Crippen molar-refractivity contribution < 1.29 is 9.50 Å². The molecule has 84 valence electrons. The highest BCUT2D eigenvalue weighted by molar-refractivity contribution is 7.15. The summed E-state index contributed by atoms with van der Waals surface area (Å²) in [4.78, 5) is 5.38. The number of halogens is 1. The van der Waals surface area contributed by atoms with E-state index in [1.165, 1.54) is 17.4 Å². The Morgan fingerprint density at radius 3 is 2.81 bits per heavy atom. The molecular weight excluding hydrogens is 225 g/mol. The second kappa shape index (κ2) is 4.72. The lowest BCUT2D eigenvalue weighted by Gasteiger charge is -1.96. The molecule has 0 aliphatic rings. The predicted molar refractivity (Wildman–Crippen MR) is 63.0 cm³/mol. The molecule has 0 atom stereocenters. The van der Waals surface area contributed by atoms with E-state index in [0.29, 0.717) is 17.0 Å². The monoisotopic (exact) mass is 237 g/mol. The van der Waals surface area contributed by atoms with Crippen LogP contribution in [0.4, 0.5) is 4.39 Å². The van der Waals surface area contributed by atoms with Crippen molar-refractivity contribution >= 4 is 11.3 Å². The van der Waals surface area contributed by atoms with Crippen LogP contribution in [0, 0.1) is 12.7 Å². The van der Waals surface area contributed by atoms with Crippen LogP contribution in [0.25, 0.3) is 10.6 Å². The molecule has 0 unspecified atom stereocenters. The van der Waals surface area contributed by atoms with Gasteiger partial charge in [0.1, 0.15) is 10.8 Å². The molecule has 0 saturated carbocycles. The van der Waals surface area contributed by atoms with E-state index in [2.05, 4.69) is 4.98 Å². The maximum atomic E-state index is 13.5. The molecule has 16 heavy (non-hydrogen) atoms. The number of aryl methyl sites for hydroxylation is 1. The highest BCUT2D eigenvalue weighted by atomic mass is 32.1. The Morgan fingerprint density at radius 2 is 2.12 bits per heavy atom. The van der Waals surface area contributed by atoms with Crippen LogP contribution in [-0.4, -0.2) is 16.7 Å². The largest absolute Gasteiger partial charge is 0.396 e. The zero-order chi connectivity index (χ0) is 11.5. The molecular formula is C12H12FNOS. The third-order valence-electron chi connectivity index (χ3n) is 2.35. The SMILES string of the molecule is Cc1sc(-c2ccccc2F)nc1CCO. The fraction of sp³-hybridized carbons (Fsp3) is 0.250. The molecule has 0 bridgehead atoms. The fourth-order valence-corrected chi connectivity index (χ4v) is 2.50. The summed E-state index contributed by atoms with van der Waals surface area (Å²) in [5.41, 5.74) is 1.38. The van der Waals surface area contributed by atoms with Crippen LogP contribution >= 0.6 is 11.3 Å². The molecule has 1 aromatic carbocycles. The van der Waals surface area contributed by atoms with Gasteiger partial charge in [0.05, 0.1) is 5.69 Å². The minimum atomic E-state index is -0.258. The van der Waals surface area contributed by atoms with E-state index in [9.17, 15) is 4.39 Å². The second-order valence-corrected chi connectivity index (χ2v) is 4.68. The normalized spacial score (nSPS) is 10.7. The van der Waals surface area contributed by atoms with E-state index >= 15 is 0 Å². The van der Waals surface area contributed by atoms with Gasteiger partial charge >= 0.3 is 0 Å². The molecule has 0 saturated heterocycles. The maximum Gasteiger partial charge on any atom is 0.133 e. The summed E-state index contributed by atoms with van der Waals surface area (Å²) in [6.45, 7) is 2.01. The summed E-state index contributed by atoms with van der Waals surface area (Å²) in [5, 5.41) is 9.55. The Bertz CT molecular complexity index is 496. The molecule has 0 aliphatic carbocycles. The van der Waals surface area contributed by atoms with Gasteiger partial charge in [-0.15, -0.1) is 11.3 Å². The van der Waals surface area contributed by atoms with Gasteiger partial charge in [0, 0.05) is 23.5 Å². The first-order valence-corrected chi connectivity index (χ1v) is 5.86. The van der Waals surface area contributed by atoms with Crippen LogP contribution in [0.1, 0.15) is 10.6 Å². The summed E-state index contributed by atoms with van der Waals surface area (Å²) in [5.74, 6) is -0.258. The van der Waals surface area contributed by atoms with Crippen molar-refractivity contribution in [3.8, 4) is 10.6 Å². The molecule has 0 amide bonds. The van der Waals surface area contributed by atoms with E-state index in [0.717, 1.165) is 10.6 Å². The van der Waals surface area contributed by atoms with Gasteiger partial charge in [0.25, 0.3) is 0 Å². The van der Waals surface area contributed by atoms with Crippen molar-refractivity contribution in [2.24, 2.45) is 0 Å². The fourth-order valence-electron chi connectivity index (χ4n) is 1.52. The molecule has 0 aliphatic heterocycles. The standard InChI is InChI=1S/C12H12FNOS/c1-8-11(6-7-15)14-12(16-8)9-4-2-3-5-10(9)13/h2-5,15H,6-7H2,1H3. The first-order chi connectivity index (χ1) is 7.72. The van der Waals surface area contributed by atoms with Crippen LogP contribution in [0.2, 0.25) is 0 Å². The third-order valence-corrected chi connectivity index (χ3v) is 3.39. The Kier molecular flexibility index (Phi) is 3.31. The summed E-state index contributed by atoms with van der Waals surface area (Å²) in [7, 11) is 0. The molecule has 0 spiro atoms. The van der Waals surface area contributed by atoms with Gasteiger partial charge in [0.2, 0.25) is 0 Å². The van der Waals surface area contributed by atoms with Crippen molar-refractivity contribution in [3.05, 3.63) is 40.7 Å². The van der Waals surface area contributed by atoms with Crippen LogP contribution in [0.3, 0.4) is 0 Å². The number of aliphatic hydroxyl groups excluding tert-OH is 1. The molecule has 1 N–H and O–H groups in total. The van der Waals surface area contributed by atoms with Crippen LogP contribution in [-0.2, 0) is 6.42 Å². The molecule has 0 radical (unpaired) electrons. The van der Waals surface area contributed by atoms with Gasteiger partial charge in [-0.3, -0.25) is 0 Å². The molecule has 2 rings (SSSR count). The van der Waals surface area contributed by atoms with Crippen molar-refractivity contribution in [2.75, 3.05) is 6.61 Å². The minimum Gasteiger partial charge on any atom is -0.396 e. The number of aliphatic hydroxyl groups is 1. The van der Waals surface area contributed by atoms with Gasteiger partial charge in [-0.05, 0) is 19.1 Å². The van der Waals surface area contributed by atoms with E-state index < -0.39 is 0 Å². The Labute approximate surface area is 97.4 Å². The Hall–Kier alpha value is -1.26. The predicted octanol–water partition coefficient (Wildman–Crippen LogP) is 2.79. The van der Waals surface area contributed by atoms with Crippen molar-refractivity contribution in [1.29, 1.82) is 0 Å². The van der Waals surface area contributed by atoms with Crippen LogP contribution in [0.15, 0.2) is 24.3 Å². The highest BCUT2D eigenvalue weighted by Gasteiger charge is 2.11. The molecule has 4 heteroatoms. The van der Waals surface area contributed by atoms with Gasteiger partial charge < -0.3 is 5.11 Å². The quantitative estimate of drug-likeness (QED) is 0.890. The maximum absolute atomic E-state index is 13.5. The summed E-state index contributed by atoms with van der Waals surface area (Å²) in [6.07, 6.45) is 0.525. The zero-order valence-corrected chi connectivity index (χ0v) is 9.72. The topological polar surface area (TPSA) is 33.1 Å². The van der Waals surface area contributed by atoms with E-state index in [1.54, 1.807) is 18.2 Å². The Balaban J connectivity index is 2.42. The van der Waals surface area contributed by atoms with Crippen LogP contribution < -0.4 is 0 Å². The number of hydrogen-bond acceptors (Lipinski definition) is 3. The van der Waals surface area contributed by atoms with Gasteiger partial charge in [-0.1, -0.05) is 12.1 Å². The van der Waals surface area contributed by atoms with Crippen molar-refractivity contribution in [1.82, 2.24) is 4.98 Å². The number of thiazole rings is 1. The molecule has 1 heterocycles. The van der Waals surface area contributed by atoms with Gasteiger partial charge in [-0.25, -0.2) is 9.37 Å². The molecule has 2 nitrogen and oxygen atoms in total. The first kappa shape index (κ1) is 11.2. The van der Waals surface area contributed by atoms with Gasteiger partial charge in [0.15, 0.2) is 0 Å². The Morgan fingerprint density at radius 1 is 1.38 bits per heavy atom. The number of nitrogens with zero attached hydrogens (tertiary/aromatic N) is 1. The summed E-state index contributed by atoms with van der Waals surface area (Å²) in [6, 6.07) is 6.60. The van der Waals surface area contributed by atoms with Crippen molar-refractivity contribution in [3.63, 3.8) is 0 Å². The average molecular weight is 237 g/mol. The summed E-state index contributed by atoms with van der Waals surface area (Å²) >= 11 is 1.46. The van der Waals surface area contributed by atoms with Crippen molar-refractivity contribution in [2.45, 2.75) is 13.3 Å². The smallest absolute Gasteiger partial charge is 0.133 e. The zero-order valence-electron chi connectivity index (χ0n) is 8.90. The summed E-state index contributed by atoms with van der Waals surface area (Å²) < 4.78 is 13.5. The molecule has 0 fully saturated rings. The lowest BCUT2D eigenvalue weighted by molar-refractivity contribution is 0.298. The first-order valence-electron chi connectivity index (χ1n) is 5.04. The van der Waals surface area contributed by atoms with E-state index in [-0.39, 0.29) is 12.4 Å². The van der Waals surface area contributed by atoms with E-state index in [1.807, 2.05) is 6.92 Å². The highest BCUT2D eigenvalue weighted by Crippen LogP contribution is 2.29. The van der Waals surface area contributed by atoms with Crippen LogP contribution in [0.5, 0.6) is 0 Å². The lowest BCUT2D eigenvalue weighted by atomic mass is 10.2. The second-order valence-electron chi connectivity index (χ2n) is 3.48. The lowest BCUT2D eigenvalue weighted by Crippen LogP contribution is -1.92. The molecule has 1 aromatic heterocycles. The number of rotatable bonds is 3. The molecule has 2 aromatic rings. The third kappa shape index (κ3) is 2.13. The number of hydrogen-bond donors (Lipinski definition) is 1. The average Bonchev–Trinajstić information content (AvgIpc) is 2.61.